The molecule has 1 aliphatic heterocycles. The molecule has 3 aromatic carbocycles. The maximum atomic E-state index is 13.6. The van der Waals surface area contributed by atoms with Gasteiger partial charge in [-0.2, -0.15) is 0 Å². The fourth-order valence-electron chi connectivity index (χ4n) is 4.23. The summed E-state index contributed by atoms with van der Waals surface area (Å²) in [5.74, 6) is -1.42. The summed E-state index contributed by atoms with van der Waals surface area (Å²) in [4.78, 5) is 26.3. The molecule has 0 aliphatic carbocycles. The van der Waals surface area contributed by atoms with Crippen molar-refractivity contribution in [2.75, 3.05) is 7.11 Å². The van der Waals surface area contributed by atoms with Gasteiger partial charge in [-0.25, -0.2) is 4.79 Å². The van der Waals surface area contributed by atoms with E-state index >= 15 is 0 Å². The average Bonchev–Trinajstić information content (AvgIpc) is 3.06. The second-order valence-electron chi connectivity index (χ2n) is 7.06. The van der Waals surface area contributed by atoms with E-state index in [2.05, 4.69) is 6.58 Å². The standard InChI is InChI=1S/C25H19ClO4/c1-16(23(27)29-2)22(17-9-8-12-19(26)15-17)25(18-10-4-3-5-11-18)20-13-6-7-14-21(20)30-24(25)28/h3-15,22H,1H2,2H3/t22-,25-/m0/s1. The maximum absolute atomic E-state index is 13.6. The summed E-state index contributed by atoms with van der Waals surface area (Å²) in [5.41, 5.74) is 0.826. The van der Waals surface area contributed by atoms with Crippen LogP contribution in [0.5, 0.6) is 5.75 Å². The summed E-state index contributed by atoms with van der Waals surface area (Å²) < 4.78 is 10.7. The first-order valence-corrected chi connectivity index (χ1v) is 9.77. The molecule has 0 radical (unpaired) electrons. The van der Waals surface area contributed by atoms with Gasteiger partial charge in [-0.1, -0.05) is 78.8 Å². The van der Waals surface area contributed by atoms with Crippen molar-refractivity contribution in [3.8, 4) is 5.75 Å². The predicted octanol–water partition coefficient (Wildman–Crippen LogP) is 5.06. The SMILES string of the molecule is C=C(C(=O)OC)[C@@H](c1cccc(Cl)c1)[C@@]1(c2ccccc2)C(=O)Oc2ccccc21. The summed E-state index contributed by atoms with van der Waals surface area (Å²) in [6.07, 6.45) is 0. The van der Waals surface area contributed by atoms with Crippen LogP contribution in [0.3, 0.4) is 0 Å². The maximum Gasteiger partial charge on any atom is 0.333 e. The molecule has 0 unspecified atom stereocenters. The Bertz CT molecular complexity index is 1140. The molecule has 0 spiro atoms. The zero-order valence-corrected chi connectivity index (χ0v) is 17.1. The minimum atomic E-state index is -1.33. The van der Waals surface area contributed by atoms with Gasteiger partial charge in [-0.3, -0.25) is 4.79 Å². The first-order valence-electron chi connectivity index (χ1n) is 9.40. The van der Waals surface area contributed by atoms with Gasteiger partial charge in [0.1, 0.15) is 11.2 Å². The molecule has 150 valence electrons. The Balaban J connectivity index is 2.09. The second kappa shape index (κ2) is 7.81. The summed E-state index contributed by atoms with van der Waals surface area (Å²) in [7, 11) is 1.29. The molecule has 0 saturated carbocycles. The zero-order valence-electron chi connectivity index (χ0n) is 16.3. The number of rotatable bonds is 5. The lowest BCUT2D eigenvalue weighted by molar-refractivity contribution is -0.138. The topological polar surface area (TPSA) is 52.6 Å². The number of hydrogen-bond acceptors (Lipinski definition) is 4. The molecule has 0 aromatic heterocycles. The van der Waals surface area contributed by atoms with Gasteiger partial charge in [0.2, 0.25) is 0 Å². The molecule has 5 heteroatoms. The Morgan fingerprint density at radius 2 is 1.73 bits per heavy atom. The summed E-state index contributed by atoms with van der Waals surface area (Å²) >= 11 is 6.28. The summed E-state index contributed by atoms with van der Waals surface area (Å²) in [6.45, 7) is 4.03. The lowest BCUT2D eigenvalue weighted by atomic mass is 9.62. The third kappa shape index (κ3) is 3.01. The fourth-order valence-corrected chi connectivity index (χ4v) is 4.43. The van der Waals surface area contributed by atoms with E-state index in [0.717, 1.165) is 0 Å². The van der Waals surface area contributed by atoms with Gasteiger partial charge in [0.25, 0.3) is 0 Å². The van der Waals surface area contributed by atoms with Gasteiger partial charge >= 0.3 is 11.9 Å². The number of ether oxygens (including phenoxy) is 2. The van der Waals surface area contributed by atoms with Crippen LogP contribution in [0.4, 0.5) is 0 Å². The van der Waals surface area contributed by atoms with E-state index in [4.69, 9.17) is 21.1 Å². The highest BCUT2D eigenvalue weighted by molar-refractivity contribution is 6.30. The minimum absolute atomic E-state index is 0.136. The number of carbonyl (C=O) groups excluding carboxylic acids is 2. The van der Waals surface area contributed by atoms with Gasteiger partial charge < -0.3 is 9.47 Å². The second-order valence-corrected chi connectivity index (χ2v) is 7.50. The summed E-state index contributed by atoms with van der Waals surface area (Å²) in [6, 6.07) is 23.6. The number of carbonyl (C=O) groups is 2. The van der Waals surface area contributed by atoms with Crippen molar-refractivity contribution in [3.63, 3.8) is 0 Å². The van der Waals surface area contributed by atoms with E-state index in [1.807, 2.05) is 48.5 Å². The van der Waals surface area contributed by atoms with Crippen LogP contribution in [0.15, 0.2) is 91.0 Å². The monoisotopic (exact) mass is 418 g/mol. The van der Waals surface area contributed by atoms with Crippen molar-refractivity contribution in [2.24, 2.45) is 0 Å². The van der Waals surface area contributed by atoms with E-state index in [-0.39, 0.29) is 5.57 Å². The molecule has 0 N–H and O–H groups in total. The number of hydrogen-bond donors (Lipinski definition) is 0. The first-order chi connectivity index (χ1) is 14.5. The fraction of sp³-hybridized carbons (Fsp3) is 0.120. The highest BCUT2D eigenvalue weighted by Crippen LogP contribution is 2.55. The first kappa shape index (κ1) is 19.9. The predicted molar refractivity (Wildman–Crippen MR) is 115 cm³/mol. The van der Waals surface area contributed by atoms with Crippen LogP contribution in [0.25, 0.3) is 0 Å². The van der Waals surface area contributed by atoms with Crippen LogP contribution < -0.4 is 4.74 Å². The minimum Gasteiger partial charge on any atom is -0.466 e. The van der Waals surface area contributed by atoms with Crippen LogP contribution >= 0.6 is 11.6 Å². The Morgan fingerprint density at radius 3 is 2.43 bits per heavy atom. The molecule has 4 rings (SSSR count). The van der Waals surface area contributed by atoms with Gasteiger partial charge in [0.05, 0.1) is 7.11 Å². The molecular formula is C25H19ClO4. The zero-order chi connectivity index (χ0) is 21.3. The number of fused-ring (bicyclic) bond motifs is 1. The molecule has 0 bridgehead atoms. The van der Waals surface area contributed by atoms with Crippen molar-refractivity contribution >= 4 is 23.5 Å². The number of benzene rings is 3. The smallest absolute Gasteiger partial charge is 0.333 e. The largest absolute Gasteiger partial charge is 0.466 e. The van der Waals surface area contributed by atoms with Crippen molar-refractivity contribution in [2.45, 2.75) is 11.3 Å². The van der Waals surface area contributed by atoms with Crippen LogP contribution in [0, 0.1) is 0 Å². The Labute approximate surface area is 179 Å². The van der Waals surface area contributed by atoms with Gasteiger partial charge in [0.15, 0.2) is 0 Å². The van der Waals surface area contributed by atoms with E-state index in [1.54, 1.807) is 30.3 Å². The Morgan fingerprint density at radius 1 is 1.03 bits per heavy atom. The average molecular weight is 419 g/mol. The molecule has 0 fully saturated rings. The van der Waals surface area contributed by atoms with Crippen LogP contribution in [0.1, 0.15) is 22.6 Å². The molecule has 3 aromatic rings. The van der Waals surface area contributed by atoms with Gasteiger partial charge in [-0.05, 0) is 29.3 Å². The molecule has 0 saturated heterocycles. The number of esters is 2. The van der Waals surface area contributed by atoms with Crippen molar-refractivity contribution < 1.29 is 19.1 Å². The lowest BCUT2D eigenvalue weighted by Gasteiger charge is -2.36. The van der Waals surface area contributed by atoms with Gasteiger partial charge in [-0.15, -0.1) is 0 Å². The van der Waals surface area contributed by atoms with Crippen LogP contribution in [-0.2, 0) is 19.7 Å². The van der Waals surface area contributed by atoms with Gasteiger partial charge in [0, 0.05) is 22.1 Å². The molecule has 0 amide bonds. The number of methoxy groups -OCH3 is 1. The highest BCUT2D eigenvalue weighted by atomic mass is 35.5. The van der Waals surface area contributed by atoms with E-state index in [9.17, 15) is 9.59 Å². The molecule has 30 heavy (non-hydrogen) atoms. The van der Waals surface area contributed by atoms with Crippen molar-refractivity contribution in [3.05, 3.63) is 113 Å². The van der Waals surface area contributed by atoms with E-state index < -0.39 is 23.3 Å². The number of para-hydroxylation sites is 1. The third-order valence-electron chi connectivity index (χ3n) is 5.48. The highest BCUT2D eigenvalue weighted by Gasteiger charge is 2.57. The molecular weight excluding hydrogens is 400 g/mol. The van der Waals surface area contributed by atoms with Crippen LogP contribution in [-0.4, -0.2) is 19.0 Å². The van der Waals surface area contributed by atoms with E-state index in [1.165, 1.54) is 7.11 Å². The number of halogens is 1. The van der Waals surface area contributed by atoms with Crippen molar-refractivity contribution in [1.82, 2.24) is 0 Å². The molecule has 4 nitrogen and oxygen atoms in total. The molecule has 1 heterocycles. The summed E-state index contributed by atoms with van der Waals surface area (Å²) in [5, 5.41) is 0.484. The normalized spacial score (nSPS) is 18.3. The lowest BCUT2D eigenvalue weighted by Crippen LogP contribution is -2.43. The van der Waals surface area contributed by atoms with Crippen LogP contribution in [0.2, 0.25) is 5.02 Å². The molecule has 2 atom stereocenters. The molecule has 1 aliphatic rings. The third-order valence-corrected chi connectivity index (χ3v) is 5.71. The van der Waals surface area contributed by atoms with Crippen molar-refractivity contribution in [1.29, 1.82) is 0 Å². The van der Waals surface area contributed by atoms with E-state index in [0.29, 0.717) is 27.5 Å². The Hall–Kier alpha value is -3.37. The Kier molecular flexibility index (Phi) is 5.18. The quantitative estimate of drug-likeness (QED) is 0.330.